The Balaban J connectivity index is 1.29. The lowest BCUT2D eigenvalue weighted by molar-refractivity contribution is -0.113. The SMILES string of the molecule is C=C(C1CCC(CC)CC1)N1/C(=C\C(C)C)C(=O)Nc2cc3c(cc21)C1CC2(CCc4ccccc42)CCN1C3=O. The molecule has 3 aliphatic heterocycles. The van der Waals surface area contributed by atoms with Gasteiger partial charge in [-0.05, 0) is 103 Å². The van der Waals surface area contributed by atoms with Crippen LogP contribution in [0.4, 0.5) is 11.4 Å². The second-order valence-electron chi connectivity index (χ2n) is 13.6. The van der Waals surface area contributed by atoms with Crippen LogP contribution in [-0.2, 0) is 16.6 Å². The van der Waals surface area contributed by atoms with E-state index < -0.39 is 0 Å². The maximum atomic E-state index is 13.7. The van der Waals surface area contributed by atoms with Crippen LogP contribution in [-0.4, -0.2) is 23.3 Å². The molecule has 1 N–H and O–H groups in total. The second-order valence-corrected chi connectivity index (χ2v) is 13.6. The lowest BCUT2D eigenvalue weighted by Crippen LogP contribution is -2.42. The Hall–Kier alpha value is -3.34. The minimum absolute atomic E-state index is 0.0629. The molecular weight excluding hydrogens is 506 g/mol. The monoisotopic (exact) mass is 549 g/mol. The van der Waals surface area contributed by atoms with Crippen LogP contribution in [0.3, 0.4) is 0 Å². The Labute approximate surface area is 244 Å². The first kappa shape index (κ1) is 26.6. The van der Waals surface area contributed by atoms with Crippen LogP contribution >= 0.6 is 0 Å². The van der Waals surface area contributed by atoms with Gasteiger partial charge in [0, 0.05) is 17.8 Å². The molecular formula is C36H43N3O2. The summed E-state index contributed by atoms with van der Waals surface area (Å²) in [6, 6.07) is 13.2. The molecule has 41 heavy (non-hydrogen) atoms. The molecule has 0 radical (unpaired) electrons. The molecule has 5 heteroatoms. The fourth-order valence-electron chi connectivity index (χ4n) is 8.61. The molecule has 214 valence electrons. The zero-order valence-electron chi connectivity index (χ0n) is 24.8. The van der Waals surface area contributed by atoms with E-state index in [2.05, 4.69) is 78.9 Å². The van der Waals surface area contributed by atoms with Crippen LogP contribution in [0, 0.1) is 17.8 Å². The van der Waals surface area contributed by atoms with E-state index in [9.17, 15) is 9.59 Å². The van der Waals surface area contributed by atoms with E-state index in [-0.39, 0.29) is 29.2 Å². The smallest absolute Gasteiger partial charge is 0.272 e. The number of nitrogens with one attached hydrogen (secondary N) is 1. The number of carbonyl (C=O) groups is 2. The van der Waals surface area contributed by atoms with Crippen molar-refractivity contribution in [3.8, 4) is 0 Å². The van der Waals surface area contributed by atoms with Gasteiger partial charge in [-0.15, -0.1) is 0 Å². The van der Waals surface area contributed by atoms with E-state index in [1.807, 2.05) is 6.07 Å². The van der Waals surface area contributed by atoms with Gasteiger partial charge < -0.3 is 15.1 Å². The average molecular weight is 550 g/mol. The van der Waals surface area contributed by atoms with Crippen molar-refractivity contribution in [1.82, 2.24) is 4.90 Å². The van der Waals surface area contributed by atoms with Gasteiger partial charge in [0.05, 0.1) is 17.4 Å². The van der Waals surface area contributed by atoms with Gasteiger partial charge in [0.1, 0.15) is 5.70 Å². The van der Waals surface area contributed by atoms with Crippen molar-refractivity contribution in [3.63, 3.8) is 0 Å². The average Bonchev–Trinajstić information content (AvgIpc) is 3.46. The van der Waals surface area contributed by atoms with Gasteiger partial charge >= 0.3 is 0 Å². The van der Waals surface area contributed by atoms with Crippen molar-refractivity contribution < 1.29 is 9.59 Å². The number of anilines is 2. The molecule has 2 unspecified atom stereocenters. The predicted molar refractivity (Wildman–Crippen MR) is 165 cm³/mol. The predicted octanol–water partition coefficient (Wildman–Crippen LogP) is 7.89. The lowest BCUT2D eigenvalue weighted by atomic mass is 9.70. The molecule has 2 aliphatic carbocycles. The number of aryl methyl sites for hydroxylation is 1. The highest BCUT2D eigenvalue weighted by molar-refractivity contribution is 6.14. The number of piperidine rings is 1. The molecule has 5 nitrogen and oxygen atoms in total. The number of allylic oxidation sites excluding steroid dienone is 2. The Bertz CT molecular complexity index is 1460. The van der Waals surface area contributed by atoms with E-state index in [1.54, 1.807) is 0 Å². The number of benzene rings is 2. The largest absolute Gasteiger partial charge is 0.332 e. The van der Waals surface area contributed by atoms with Crippen LogP contribution in [0.1, 0.15) is 105 Å². The molecule has 2 aromatic rings. The maximum Gasteiger partial charge on any atom is 0.272 e. The quantitative estimate of drug-likeness (QED) is 0.395. The van der Waals surface area contributed by atoms with Crippen LogP contribution < -0.4 is 10.2 Å². The van der Waals surface area contributed by atoms with E-state index >= 15 is 0 Å². The molecule has 7 rings (SSSR count). The molecule has 3 heterocycles. The van der Waals surface area contributed by atoms with Gasteiger partial charge in [0.2, 0.25) is 0 Å². The number of rotatable bonds is 4. The summed E-state index contributed by atoms with van der Waals surface area (Å²) in [4.78, 5) is 31.6. The normalized spacial score (nSPS) is 29.5. The van der Waals surface area contributed by atoms with Crippen LogP contribution in [0.2, 0.25) is 0 Å². The van der Waals surface area contributed by atoms with Crippen LogP contribution in [0.25, 0.3) is 0 Å². The Morgan fingerprint density at radius 1 is 1.12 bits per heavy atom. The molecule has 1 spiro atoms. The standard InChI is InChI=1S/C36H43N3O2/c1-5-24-10-12-25(13-11-24)23(4)39-31-20-27-28(19-30(31)37-34(40)32(39)18-22(2)3)35(41)38-17-16-36(21-33(27)38)15-14-26-8-6-7-9-29(26)36/h6-9,18-20,22,24-25,33H,4-5,10-17,21H2,1-3H3,(H,37,40)/b32-18-. The summed E-state index contributed by atoms with van der Waals surface area (Å²) in [5.74, 6) is 1.36. The molecule has 0 aromatic heterocycles. The highest BCUT2D eigenvalue weighted by Crippen LogP contribution is 2.55. The number of fused-ring (bicyclic) bond motifs is 6. The number of hydrogen-bond donors (Lipinski definition) is 1. The topological polar surface area (TPSA) is 52.7 Å². The Morgan fingerprint density at radius 2 is 1.90 bits per heavy atom. The van der Waals surface area contributed by atoms with Crippen molar-refractivity contribution in [1.29, 1.82) is 0 Å². The van der Waals surface area contributed by atoms with Crippen molar-refractivity contribution >= 4 is 23.2 Å². The second kappa shape index (κ2) is 9.89. The summed E-state index contributed by atoms with van der Waals surface area (Å²) in [6.07, 6.45) is 12.2. The first-order chi connectivity index (χ1) is 19.8. The van der Waals surface area contributed by atoms with Gasteiger partial charge in [-0.25, -0.2) is 0 Å². The van der Waals surface area contributed by atoms with Gasteiger partial charge in [-0.3, -0.25) is 9.59 Å². The van der Waals surface area contributed by atoms with E-state index in [4.69, 9.17) is 0 Å². The fourth-order valence-corrected chi connectivity index (χ4v) is 8.61. The third-order valence-electron chi connectivity index (χ3n) is 10.9. The third-order valence-corrected chi connectivity index (χ3v) is 10.9. The third kappa shape index (κ3) is 4.18. The zero-order chi connectivity index (χ0) is 28.5. The number of hydrogen-bond acceptors (Lipinski definition) is 3. The molecule has 1 saturated carbocycles. The molecule has 5 aliphatic rings. The van der Waals surface area contributed by atoms with E-state index in [0.717, 1.165) is 79.2 Å². The number of carbonyl (C=O) groups excluding carboxylic acids is 2. The number of nitrogens with zero attached hydrogens (tertiary/aromatic N) is 2. The van der Waals surface area contributed by atoms with Crippen molar-refractivity contribution in [2.75, 3.05) is 16.8 Å². The highest BCUT2D eigenvalue weighted by atomic mass is 16.2. The van der Waals surface area contributed by atoms with Gasteiger partial charge in [-0.1, -0.05) is 64.1 Å². The zero-order valence-corrected chi connectivity index (χ0v) is 24.8. The maximum absolute atomic E-state index is 13.7. The van der Waals surface area contributed by atoms with Crippen LogP contribution in [0.5, 0.6) is 0 Å². The van der Waals surface area contributed by atoms with Crippen molar-refractivity contribution in [3.05, 3.63) is 82.7 Å². The first-order valence-electron chi connectivity index (χ1n) is 15.9. The van der Waals surface area contributed by atoms with E-state index in [0.29, 0.717) is 11.6 Å². The summed E-state index contributed by atoms with van der Waals surface area (Å²) in [5.41, 5.74) is 8.36. The van der Waals surface area contributed by atoms with Gasteiger partial charge in [0.25, 0.3) is 11.8 Å². The summed E-state index contributed by atoms with van der Waals surface area (Å²) < 4.78 is 0. The van der Waals surface area contributed by atoms with Gasteiger partial charge in [0.15, 0.2) is 0 Å². The minimum Gasteiger partial charge on any atom is -0.332 e. The van der Waals surface area contributed by atoms with E-state index in [1.165, 1.54) is 30.4 Å². The van der Waals surface area contributed by atoms with Crippen molar-refractivity contribution in [2.45, 2.75) is 90.0 Å². The summed E-state index contributed by atoms with van der Waals surface area (Å²) in [6.45, 7) is 11.9. The Morgan fingerprint density at radius 3 is 2.66 bits per heavy atom. The first-order valence-corrected chi connectivity index (χ1v) is 15.9. The summed E-state index contributed by atoms with van der Waals surface area (Å²) >= 11 is 0. The van der Waals surface area contributed by atoms with Gasteiger partial charge in [-0.2, -0.15) is 0 Å². The summed E-state index contributed by atoms with van der Waals surface area (Å²) in [7, 11) is 0. The van der Waals surface area contributed by atoms with Crippen molar-refractivity contribution in [2.24, 2.45) is 17.8 Å². The molecule has 1 saturated heterocycles. The van der Waals surface area contributed by atoms with Crippen LogP contribution in [0.15, 0.2) is 60.4 Å². The fraction of sp³-hybridized carbons (Fsp3) is 0.500. The summed E-state index contributed by atoms with van der Waals surface area (Å²) in [5, 5.41) is 3.15. The number of amides is 2. The molecule has 2 aromatic carbocycles. The highest BCUT2D eigenvalue weighted by Gasteiger charge is 2.50. The molecule has 0 bridgehead atoms. The minimum atomic E-state index is -0.112. The molecule has 2 fully saturated rings. The molecule has 2 atom stereocenters. The molecule has 2 amide bonds. The lowest BCUT2D eigenvalue weighted by Gasteiger charge is -2.43. The Kier molecular flexibility index (Phi) is 6.40.